The number of hydrogen-bond acceptors (Lipinski definition) is 3. The standard InChI is InChI=1S/C24H30F2N4O/c25-20-4-2-18(3-5-20)23(28-22-8-6-21(26)7-9-22)19-10-15-29(16-11-19)13-1-14-30-17-12-27-24(30)31/h2-9,19,23,28H,1,10-17H2,(H,27,31). The third-order valence-electron chi connectivity index (χ3n) is 6.35. The zero-order valence-electron chi connectivity index (χ0n) is 17.7. The number of carbonyl (C=O) groups excluding carboxylic acids is 1. The van der Waals surface area contributed by atoms with Crippen LogP contribution in [0, 0.1) is 17.6 Å². The first-order valence-electron chi connectivity index (χ1n) is 11.1. The second-order valence-electron chi connectivity index (χ2n) is 8.43. The molecular formula is C24H30F2N4O. The van der Waals surface area contributed by atoms with E-state index in [4.69, 9.17) is 0 Å². The van der Waals surface area contributed by atoms with Crippen molar-refractivity contribution >= 4 is 11.7 Å². The number of urea groups is 1. The number of amides is 2. The molecule has 2 N–H and O–H groups in total. The summed E-state index contributed by atoms with van der Waals surface area (Å²) in [5, 5.41) is 6.39. The van der Waals surface area contributed by atoms with Crippen LogP contribution < -0.4 is 10.6 Å². The van der Waals surface area contributed by atoms with Gasteiger partial charge < -0.3 is 20.4 Å². The number of anilines is 1. The molecule has 0 spiro atoms. The van der Waals surface area contributed by atoms with Gasteiger partial charge in [0, 0.05) is 25.3 Å². The second-order valence-corrected chi connectivity index (χ2v) is 8.43. The maximum absolute atomic E-state index is 13.5. The second kappa shape index (κ2) is 10.1. The van der Waals surface area contributed by atoms with Crippen LogP contribution in [0.3, 0.4) is 0 Å². The van der Waals surface area contributed by atoms with Crippen molar-refractivity contribution in [3.8, 4) is 0 Å². The highest BCUT2D eigenvalue weighted by molar-refractivity contribution is 5.76. The average Bonchev–Trinajstić information content (AvgIpc) is 3.19. The molecule has 2 fully saturated rings. The van der Waals surface area contributed by atoms with Gasteiger partial charge in [0.05, 0.1) is 6.04 Å². The van der Waals surface area contributed by atoms with E-state index in [1.807, 2.05) is 17.0 Å². The largest absolute Gasteiger partial charge is 0.378 e. The number of carbonyl (C=O) groups is 1. The Kier molecular flexibility index (Phi) is 7.02. The molecule has 0 bridgehead atoms. The molecule has 1 atom stereocenters. The summed E-state index contributed by atoms with van der Waals surface area (Å²) in [4.78, 5) is 16.0. The Morgan fingerprint density at radius 1 is 0.935 bits per heavy atom. The molecule has 2 aliphatic rings. The maximum atomic E-state index is 13.5. The topological polar surface area (TPSA) is 47.6 Å². The Bertz CT molecular complexity index is 851. The molecular weight excluding hydrogens is 398 g/mol. The molecule has 4 rings (SSSR count). The molecule has 0 saturated carbocycles. The molecule has 166 valence electrons. The monoisotopic (exact) mass is 428 g/mol. The van der Waals surface area contributed by atoms with Gasteiger partial charge in [0.1, 0.15) is 11.6 Å². The lowest BCUT2D eigenvalue weighted by Gasteiger charge is -2.37. The Morgan fingerprint density at radius 3 is 2.19 bits per heavy atom. The van der Waals surface area contributed by atoms with Crippen molar-refractivity contribution in [3.63, 3.8) is 0 Å². The molecule has 2 aromatic carbocycles. The van der Waals surface area contributed by atoms with Crippen LogP contribution in [0.1, 0.15) is 30.9 Å². The first kappa shape index (κ1) is 21.6. The van der Waals surface area contributed by atoms with Crippen LogP contribution in [-0.4, -0.2) is 55.1 Å². The van der Waals surface area contributed by atoms with E-state index in [2.05, 4.69) is 15.5 Å². The zero-order valence-corrected chi connectivity index (χ0v) is 17.7. The minimum atomic E-state index is -0.261. The van der Waals surface area contributed by atoms with E-state index in [9.17, 15) is 13.6 Å². The molecule has 0 radical (unpaired) electrons. The van der Waals surface area contributed by atoms with Crippen LogP contribution in [0.5, 0.6) is 0 Å². The summed E-state index contributed by atoms with van der Waals surface area (Å²) < 4.78 is 26.8. The number of nitrogens with zero attached hydrogens (tertiary/aromatic N) is 2. The van der Waals surface area contributed by atoms with Gasteiger partial charge in [-0.1, -0.05) is 12.1 Å². The Morgan fingerprint density at radius 2 is 1.58 bits per heavy atom. The van der Waals surface area contributed by atoms with E-state index in [1.165, 1.54) is 24.3 Å². The van der Waals surface area contributed by atoms with Gasteiger partial charge >= 0.3 is 6.03 Å². The van der Waals surface area contributed by atoms with Crippen molar-refractivity contribution in [2.45, 2.75) is 25.3 Å². The minimum Gasteiger partial charge on any atom is -0.378 e. The maximum Gasteiger partial charge on any atom is 0.317 e. The summed E-state index contributed by atoms with van der Waals surface area (Å²) in [5.74, 6) is -0.106. The quantitative estimate of drug-likeness (QED) is 0.661. The summed E-state index contributed by atoms with van der Waals surface area (Å²) in [5.41, 5.74) is 1.91. The van der Waals surface area contributed by atoms with E-state index >= 15 is 0 Å². The van der Waals surface area contributed by atoms with Crippen molar-refractivity contribution < 1.29 is 13.6 Å². The summed E-state index contributed by atoms with van der Waals surface area (Å²) >= 11 is 0. The third kappa shape index (κ3) is 5.73. The van der Waals surface area contributed by atoms with Crippen molar-refractivity contribution in [2.24, 2.45) is 5.92 Å². The fourth-order valence-corrected chi connectivity index (χ4v) is 4.59. The third-order valence-corrected chi connectivity index (χ3v) is 6.35. The highest BCUT2D eigenvalue weighted by atomic mass is 19.1. The SMILES string of the molecule is O=C1NCCN1CCCN1CCC(C(Nc2ccc(F)cc2)c2ccc(F)cc2)CC1. The summed E-state index contributed by atoms with van der Waals surface area (Å²) in [6.45, 7) is 5.34. The van der Waals surface area contributed by atoms with Gasteiger partial charge in [0.15, 0.2) is 0 Å². The fraction of sp³-hybridized carbons (Fsp3) is 0.458. The van der Waals surface area contributed by atoms with Gasteiger partial charge in [-0.05, 0) is 86.8 Å². The van der Waals surface area contributed by atoms with Crippen molar-refractivity contribution in [2.75, 3.05) is 44.6 Å². The van der Waals surface area contributed by atoms with Crippen molar-refractivity contribution in [1.82, 2.24) is 15.1 Å². The molecule has 7 heteroatoms. The first-order valence-corrected chi connectivity index (χ1v) is 11.1. The van der Waals surface area contributed by atoms with Gasteiger partial charge in [-0.25, -0.2) is 13.6 Å². The first-order chi connectivity index (χ1) is 15.1. The number of benzene rings is 2. The fourth-order valence-electron chi connectivity index (χ4n) is 4.59. The number of likely N-dealkylation sites (tertiary alicyclic amines) is 1. The molecule has 2 saturated heterocycles. The average molecular weight is 429 g/mol. The summed E-state index contributed by atoms with van der Waals surface area (Å²) in [6.07, 6.45) is 3.04. The predicted octanol–water partition coefficient (Wildman–Crippen LogP) is 4.25. The van der Waals surface area contributed by atoms with E-state index in [1.54, 1.807) is 12.1 Å². The number of rotatable bonds is 8. The minimum absolute atomic E-state index is 0.0431. The van der Waals surface area contributed by atoms with Crippen LogP contribution >= 0.6 is 0 Å². The van der Waals surface area contributed by atoms with Gasteiger partial charge in [-0.15, -0.1) is 0 Å². The molecule has 2 aromatic rings. The Hall–Kier alpha value is -2.67. The molecule has 5 nitrogen and oxygen atoms in total. The summed E-state index contributed by atoms with van der Waals surface area (Å²) in [6, 6.07) is 13.2. The number of piperidine rings is 1. The molecule has 1 unspecified atom stereocenters. The van der Waals surface area contributed by atoms with Gasteiger partial charge in [0.2, 0.25) is 0 Å². The molecule has 2 heterocycles. The smallest absolute Gasteiger partial charge is 0.317 e. The lowest BCUT2D eigenvalue weighted by molar-refractivity contribution is 0.165. The Balaban J connectivity index is 1.34. The number of hydrogen-bond donors (Lipinski definition) is 2. The molecule has 2 amide bonds. The Labute approximate surface area is 182 Å². The summed E-state index contributed by atoms with van der Waals surface area (Å²) in [7, 11) is 0. The lowest BCUT2D eigenvalue weighted by atomic mass is 9.85. The number of nitrogens with one attached hydrogen (secondary N) is 2. The van der Waals surface area contributed by atoms with Crippen LogP contribution in [0.25, 0.3) is 0 Å². The zero-order chi connectivity index (χ0) is 21.6. The molecule has 0 aromatic heterocycles. The van der Waals surface area contributed by atoms with Crippen molar-refractivity contribution in [1.29, 1.82) is 0 Å². The highest BCUT2D eigenvalue weighted by Gasteiger charge is 2.28. The van der Waals surface area contributed by atoms with E-state index in [0.717, 1.165) is 69.8 Å². The van der Waals surface area contributed by atoms with Crippen LogP contribution in [0.15, 0.2) is 48.5 Å². The number of halogens is 2. The predicted molar refractivity (Wildman–Crippen MR) is 118 cm³/mol. The normalized spacial score (nSPS) is 18.8. The van der Waals surface area contributed by atoms with Gasteiger partial charge in [-0.2, -0.15) is 0 Å². The van der Waals surface area contributed by atoms with Gasteiger partial charge in [0.25, 0.3) is 0 Å². The van der Waals surface area contributed by atoms with Crippen LogP contribution in [0.4, 0.5) is 19.3 Å². The van der Waals surface area contributed by atoms with Gasteiger partial charge in [-0.3, -0.25) is 0 Å². The molecule has 0 aliphatic carbocycles. The van der Waals surface area contributed by atoms with E-state index < -0.39 is 0 Å². The van der Waals surface area contributed by atoms with E-state index in [0.29, 0.717) is 5.92 Å². The van der Waals surface area contributed by atoms with E-state index in [-0.39, 0.29) is 23.7 Å². The van der Waals surface area contributed by atoms with Crippen LogP contribution in [-0.2, 0) is 0 Å². The highest BCUT2D eigenvalue weighted by Crippen LogP contribution is 2.34. The molecule has 2 aliphatic heterocycles. The molecule has 31 heavy (non-hydrogen) atoms. The van der Waals surface area contributed by atoms with Crippen molar-refractivity contribution in [3.05, 3.63) is 65.7 Å². The lowest BCUT2D eigenvalue weighted by Crippen LogP contribution is -2.39. The van der Waals surface area contributed by atoms with Crippen LogP contribution in [0.2, 0.25) is 0 Å².